The van der Waals surface area contributed by atoms with Crippen LogP contribution in [-0.4, -0.2) is 36.1 Å². The summed E-state index contributed by atoms with van der Waals surface area (Å²) in [7, 11) is 0. The maximum absolute atomic E-state index is 13.5. The molecular weight excluding hydrogens is 622 g/mol. The molecule has 0 aliphatic carbocycles. The number of aryl methyl sites for hydroxylation is 1. The first-order chi connectivity index (χ1) is 22.7. The van der Waals surface area contributed by atoms with Gasteiger partial charge >= 0.3 is 11.9 Å². The molecule has 0 saturated carbocycles. The molecule has 1 aliphatic heterocycles. The Hall–Kier alpha value is -6.06. The van der Waals surface area contributed by atoms with Crippen molar-refractivity contribution in [3.63, 3.8) is 0 Å². The van der Waals surface area contributed by atoms with Crippen molar-refractivity contribution >= 4 is 46.8 Å². The Morgan fingerprint density at radius 1 is 0.681 bits per heavy atom. The van der Waals surface area contributed by atoms with Gasteiger partial charge in [0.05, 0.1) is 27.9 Å². The molecule has 0 N–H and O–H groups in total. The van der Waals surface area contributed by atoms with Crippen LogP contribution in [0.2, 0.25) is 5.02 Å². The zero-order valence-corrected chi connectivity index (χ0v) is 25.5. The van der Waals surface area contributed by atoms with E-state index in [1.54, 1.807) is 60.7 Å². The maximum atomic E-state index is 13.5. The Morgan fingerprint density at radius 2 is 1.34 bits per heavy atom. The summed E-state index contributed by atoms with van der Waals surface area (Å²) in [5.74, 6) is -2.18. The molecule has 232 valence electrons. The van der Waals surface area contributed by atoms with E-state index in [9.17, 15) is 24.0 Å². The van der Waals surface area contributed by atoms with Crippen molar-refractivity contribution in [1.29, 1.82) is 0 Å². The molecule has 0 bridgehead atoms. The lowest BCUT2D eigenvalue weighted by Gasteiger charge is -2.15. The van der Waals surface area contributed by atoms with Crippen LogP contribution >= 0.6 is 11.6 Å². The number of imide groups is 1. The largest absolute Gasteiger partial charge is 0.457 e. The molecule has 47 heavy (non-hydrogen) atoms. The van der Waals surface area contributed by atoms with Crippen molar-refractivity contribution < 1.29 is 38.2 Å². The fraction of sp³-hybridized carbons (Fsp3) is 0.0541. The molecule has 0 fully saturated rings. The van der Waals surface area contributed by atoms with Gasteiger partial charge in [-0.15, -0.1) is 0 Å². The molecule has 0 unspecified atom stereocenters. The monoisotopic (exact) mass is 645 g/mol. The van der Waals surface area contributed by atoms with Gasteiger partial charge in [-0.25, -0.2) is 14.5 Å². The predicted molar refractivity (Wildman–Crippen MR) is 173 cm³/mol. The zero-order chi connectivity index (χ0) is 33.1. The minimum atomic E-state index is -0.827. The highest BCUT2D eigenvalue weighted by Crippen LogP contribution is 2.36. The Bertz CT molecular complexity index is 2040. The predicted octanol–water partition coefficient (Wildman–Crippen LogP) is 7.50. The van der Waals surface area contributed by atoms with Crippen molar-refractivity contribution in [2.75, 3.05) is 11.5 Å². The molecule has 0 saturated heterocycles. The number of benzene rings is 5. The summed E-state index contributed by atoms with van der Waals surface area (Å²) in [4.78, 5) is 65.8. The first kappa shape index (κ1) is 30.9. The van der Waals surface area contributed by atoms with E-state index in [1.165, 1.54) is 54.6 Å². The first-order valence-corrected chi connectivity index (χ1v) is 14.7. The van der Waals surface area contributed by atoms with Gasteiger partial charge in [0.25, 0.3) is 11.8 Å². The second-order valence-electron chi connectivity index (χ2n) is 10.5. The molecule has 1 aliphatic rings. The number of halogens is 1. The van der Waals surface area contributed by atoms with Crippen LogP contribution in [0.15, 0.2) is 115 Å². The maximum Gasteiger partial charge on any atom is 0.343 e. The summed E-state index contributed by atoms with van der Waals surface area (Å²) in [5.41, 5.74) is 2.05. The van der Waals surface area contributed by atoms with Crippen molar-refractivity contribution in [2.45, 2.75) is 6.92 Å². The molecule has 0 radical (unpaired) electrons. The van der Waals surface area contributed by atoms with E-state index >= 15 is 0 Å². The molecule has 1 heterocycles. The van der Waals surface area contributed by atoms with Crippen LogP contribution in [0.25, 0.3) is 0 Å². The highest BCUT2D eigenvalue weighted by Gasteiger charge is 2.39. The second-order valence-corrected chi connectivity index (χ2v) is 10.9. The Kier molecular flexibility index (Phi) is 8.64. The van der Waals surface area contributed by atoms with Gasteiger partial charge in [-0.3, -0.25) is 14.4 Å². The summed E-state index contributed by atoms with van der Waals surface area (Å²) in [6.07, 6.45) is 0. The van der Waals surface area contributed by atoms with Gasteiger partial charge < -0.3 is 14.2 Å². The average molecular weight is 646 g/mol. The van der Waals surface area contributed by atoms with Gasteiger partial charge in [-0.1, -0.05) is 41.4 Å². The Morgan fingerprint density at radius 3 is 2.06 bits per heavy atom. The van der Waals surface area contributed by atoms with Crippen LogP contribution in [0.4, 0.5) is 5.69 Å². The molecule has 9 nitrogen and oxygen atoms in total. The fourth-order valence-corrected chi connectivity index (χ4v) is 4.96. The van der Waals surface area contributed by atoms with Crippen LogP contribution < -0.4 is 14.4 Å². The van der Waals surface area contributed by atoms with E-state index in [1.807, 2.05) is 6.92 Å². The number of amides is 2. The minimum Gasteiger partial charge on any atom is -0.457 e. The third kappa shape index (κ3) is 6.66. The van der Waals surface area contributed by atoms with E-state index in [2.05, 4.69) is 0 Å². The van der Waals surface area contributed by atoms with Crippen molar-refractivity contribution in [3.05, 3.63) is 154 Å². The normalized spacial score (nSPS) is 12.0. The van der Waals surface area contributed by atoms with E-state index in [4.69, 9.17) is 25.8 Å². The van der Waals surface area contributed by atoms with Gasteiger partial charge in [0.1, 0.15) is 17.2 Å². The summed E-state index contributed by atoms with van der Waals surface area (Å²) in [6.45, 7) is 1.34. The topological polar surface area (TPSA) is 116 Å². The number of anilines is 1. The summed E-state index contributed by atoms with van der Waals surface area (Å²) in [6, 6.07) is 29.8. The lowest BCUT2D eigenvalue weighted by molar-refractivity contribution is 0.0474. The molecular formula is C37H24ClNO8. The number of hydrogen-bond donors (Lipinski definition) is 0. The van der Waals surface area contributed by atoms with Crippen LogP contribution in [0.5, 0.6) is 17.2 Å². The van der Waals surface area contributed by atoms with E-state index in [0.29, 0.717) is 16.3 Å². The van der Waals surface area contributed by atoms with Crippen LogP contribution in [0, 0.1) is 6.92 Å². The zero-order valence-electron chi connectivity index (χ0n) is 24.8. The highest BCUT2D eigenvalue weighted by atomic mass is 35.5. The van der Waals surface area contributed by atoms with Crippen molar-refractivity contribution in [2.24, 2.45) is 0 Å². The number of hydrogen-bond acceptors (Lipinski definition) is 8. The fourth-order valence-electron chi connectivity index (χ4n) is 4.84. The van der Waals surface area contributed by atoms with Gasteiger partial charge in [0, 0.05) is 10.6 Å². The number of ether oxygens (including phenoxy) is 3. The number of rotatable bonds is 9. The third-order valence-electron chi connectivity index (χ3n) is 7.27. The van der Waals surface area contributed by atoms with Gasteiger partial charge in [-0.05, 0) is 97.9 Å². The van der Waals surface area contributed by atoms with Crippen LogP contribution in [-0.2, 0) is 4.74 Å². The van der Waals surface area contributed by atoms with Crippen molar-refractivity contribution in [1.82, 2.24) is 0 Å². The number of fused-ring (bicyclic) bond motifs is 1. The standard InChI is InChI=1S/C37H24ClNO8/c1-22-8-10-24(11-9-22)37(44)47-29-16-12-23(13-17-29)31(40)21-45-36(43)25-4-2-5-27(20-25)39-34(41)30-6-3-7-32(33(30)35(39)42)46-28-18-14-26(38)15-19-28/h2-20H,21H2,1H3. The smallest absolute Gasteiger partial charge is 0.343 e. The molecule has 0 atom stereocenters. The van der Waals surface area contributed by atoms with Gasteiger partial charge in [-0.2, -0.15) is 0 Å². The quantitative estimate of drug-likeness (QED) is 0.0700. The van der Waals surface area contributed by atoms with Gasteiger partial charge in [0.15, 0.2) is 12.4 Å². The highest BCUT2D eigenvalue weighted by molar-refractivity contribution is 6.35. The second kappa shape index (κ2) is 13.1. The molecule has 5 aromatic rings. The SMILES string of the molecule is Cc1ccc(C(=O)Oc2ccc(C(=O)COC(=O)c3cccc(N4C(=O)c5cccc(Oc6ccc(Cl)cc6)c5C4=O)c3)cc2)cc1. The molecule has 5 aromatic carbocycles. The van der Waals surface area contributed by atoms with E-state index < -0.39 is 36.1 Å². The van der Waals surface area contributed by atoms with Crippen molar-refractivity contribution in [3.8, 4) is 17.2 Å². The Balaban J connectivity index is 1.10. The molecule has 2 amide bonds. The number of nitrogens with zero attached hydrogens (tertiary/aromatic N) is 1. The number of ketones is 1. The van der Waals surface area contributed by atoms with E-state index in [0.717, 1.165) is 10.5 Å². The number of carbonyl (C=O) groups is 5. The minimum absolute atomic E-state index is 0.0304. The van der Waals surface area contributed by atoms with E-state index in [-0.39, 0.29) is 39.4 Å². The Labute approximate surface area is 273 Å². The molecule has 0 aromatic heterocycles. The average Bonchev–Trinajstić information content (AvgIpc) is 3.34. The van der Waals surface area contributed by atoms with Crippen LogP contribution in [0.1, 0.15) is 57.4 Å². The molecule has 0 spiro atoms. The van der Waals surface area contributed by atoms with Crippen LogP contribution in [0.3, 0.4) is 0 Å². The number of Topliss-reactive ketones (excluding diaryl/α,β-unsaturated/α-hetero) is 1. The summed E-state index contributed by atoms with van der Waals surface area (Å²) < 4.78 is 16.5. The molecule has 10 heteroatoms. The lowest BCUT2D eigenvalue weighted by atomic mass is 10.1. The lowest BCUT2D eigenvalue weighted by Crippen LogP contribution is -2.29. The first-order valence-electron chi connectivity index (χ1n) is 14.3. The summed E-state index contributed by atoms with van der Waals surface area (Å²) >= 11 is 5.95. The summed E-state index contributed by atoms with van der Waals surface area (Å²) in [5, 5.41) is 0.517. The third-order valence-corrected chi connectivity index (χ3v) is 7.52. The number of esters is 2. The van der Waals surface area contributed by atoms with Gasteiger partial charge in [0.2, 0.25) is 0 Å². The molecule has 6 rings (SSSR count). The number of carbonyl (C=O) groups excluding carboxylic acids is 5.